The fraction of sp³-hybridized carbons (Fsp3) is 0.278. The van der Waals surface area contributed by atoms with Crippen molar-refractivity contribution < 1.29 is 9.53 Å². The van der Waals surface area contributed by atoms with E-state index in [1.165, 1.54) is 5.56 Å². The Labute approximate surface area is 131 Å². The SMILES string of the molecule is COc1ccc(C)cc1NCCC(=O)Nc1ccc(C)cc1. The van der Waals surface area contributed by atoms with Crippen LogP contribution in [0.2, 0.25) is 0 Å². The van der Waals surface area contributed by atoms with E-state index in [1.54, 1.807) is 7.11 Å². The molecule has 0 saturated carbocycles. The van der Waals surface area contributed by atoms with Crippen LogP contribution in [0.15, 0.2) is 42.5 Å². The molecule has 4 nitrogen and oxygen atoms in total. The van der Waals surface area contributed by atoms with Gasteiger partial charge >= 0.3 is 0 Å². The summed E-state index contributed by atoms with van der Waals surface area (Å²) in [5.41, 5.74) is 4.05. The summed E-state index contributed by atoms with van der Waals surface area (Å²) in [6, 6.07) is 13.7. The Hall–Kier alpha value is -2.49. The summed E-state index contributed by atoms with van der Waals surface area (Å²) in [6.45, 7) is 4.59. The van der Waals surface area contributed by atoms with Crippen molar-refractivity contribution >= 4 is 17.3 Å². The molecule has 2 rings (SSSR count). The van der Waals surface area contributed by atoms with Crippen LogP contribution in [0.4, 0.5) is 11.4 Å². The van der Waals surface area contributed by atoms with Crippen LogP contribution in [0.1, 0.15) is 17.5 Å². The highest BCUT2D eigenvalue weighted by Crippen LogP contribution is 2.25. The Balaban J connectivity index is 1.84. The van der Waals surface area contributed by atoms with Crippen LogP contribution in [-0.2, 0) is 4.79 Å². The molecule has 0 spiro atoms. The number of carbonyl (C=O) groups excluding carboxylic acids is 1. The number of rotatable bonds is 6. The zero-order valence-electron chi connectivity index (χ0n) is 13.3. The number of amides is 1. The molecule has 2 N–H and O–H groups in total. The largest absolute Gasteiger partial charge is 0.495 e. The van der Waals surface area contributed by atoms with Crippen LogP contribution >= 0.6 is 0 Å². The lowest BCUT2D eigenvalue weighted by Gasteiger charge is -2.12. The number of nitrogens with one attached hydrogen (secondary N) is 2. The maximum Gasteiger partial charge on any atom is 0.226 e. The second kappa shape index (κ2) is 7.50. The van der Waals surface area contributed by atoms with Crippen molar-refractivity contribution in [3.63, 3.8) is 0 Å². The Morgan fingerprint density at radius 1 is 1.05 bits per heavy atom. The summed E-state index contributed by atoms with van der Waals surface area (Å²) in [4.78, 5) is 11.9. The van der Waals surface area contributed by atoms with Crippen LogP contribution < -0.4 is 15.4 Å². The minimum Gasteiger partial charge on any atom is -0.495 e. The molecular weight excluding hydrogens is 276 g/mol. The van der Waals surface area contributed by atoms with Crippen LogP contribution in [0.3, 0.4) is 0 Å². The first-order chi connectivity index (χ1) is 10.6. The fourth-order valence-electron chi connectivity index (χ4n) is 2.13. The molecule has 0 aliphatic heterocycles. The summed E-state index contributed by atoms with van der Waals surface area (Å²) >= 11 is 0. The van der Waals surface area contributed by atoms with Crippen molar-refractivity contribution in [3.05, 3.63) is 53.6 Å². The standard InChI is InChI=1S/C18H22N2O2/c1-13-4-7-15(8-5-13)20-18(21)10-11-19-16-12-14(2)6-9-17(16)22-3/h4-9,12,19H,10-11H2,1-3H3,(H,20,21). The summed E-state index contributed by atoms with van der Waals surface area (Å²) in [6.07, 6.45) is 0.394. The average molecular weight is 298 g/mol. The van der Waals surface area contributed by atoms with E-state index < -0.39 is 0 Å². The van der Waals surface area contributed by atoms with Gasteiger partial charge in [0.1, 0.15) is 5.75 Å². The van der Waals surface area contributed by atoms with Gasteiger partial charge in [0, 0.05) is 18.7 Å². The van der Waals surface area contributed by atoms with E-state index in [1.807, 2.05) is 56.3 Å². The Kier molecular flexibility index (Phi) is 5.42. The first-order valence-electron chi connectivity index (χ1n) is 7.33. The van der Waals surface area contributed by atoms with Gasteiger partial charge in [-0.1, -0.05) is 23.8 Å². The monoisotopic (exact) mass is 298 g/mol. The highest BCUT2D eigenvalue weighted by molar-refractivity contribution is 5.91. The lowest BCUT2D eigenvalue weighted by atomic mass is 10.2. The lowest BCUT2D eigenvalue weighted by molar-refractivity contribution is -0.115. The number of ether oxygens (including phenoxy) is 1. The third-order valence-electron chi connectivity index (χ3n) is 3.36. The molecular formula is C18H22N2O2. The van der Waals surface area contributed by atoms with Crippen LogP contribution in [0.25, 0.3) is 0 Å². The molecule has 0 heterocycles. The van der Waals surface area contributed by atoms with Gasteiger partial charge in [0.05, 0.1) is 12.8 Å². The number of anilines is 2. The van der Waals surface area contributed by atoms with Gasteiger partial charge in [0.2, 0.25) is 5.91 Å². The summed E-state index contributed by atoms with van der Waals surface area (Å²) in [7, 11) is 1.64. The number of carbonyl (C=O) groups is 1. The van der Waals surface area contributed by atoms with Crippen molar-refractivity contribution in [1.29, 1.82) is 0 Å². The minimum atomic E-state index is -0.0111. The fourth-order valence-corrected chi connectivity index (χ4v) is 2.13. The molecule has 0 aromatic heterocycles. The van der Waals surface area contributed by atoms with E-state index in [0.717, 1.165) is 22.7 Å². The molecule has 1 amide bonds. The molecule has 4 heteroatoms. The van der Waals surface area contributed by atoms with Gasteiger partial charge in [-0.2, -0.15) is 0 Å². The summed E-state index contributed by atoms with van der Waals surface area (Å²) < 4.78 is 5.30. The normalized spacial score (nSPS) is 10.1. The molecule has 116 valence electrons. The van der Waals surface area contributed by atoms with E-state index in [9.17, 15) is 4.79 Å². The molecule has 0 aliphatic carbocycles. The third kappa shape index (κ3) is 4.52. The van der Waals surface area contributed by atoms with Crippen LogP contribution in [-0.4, -0.2) is 19.6 Å². The molecule has 0 atom stereocenters. The van der Waals surface area contributed by atoms with E-state index >= 15 is 0 Å². The van der Waals surface area contributed by atoms with Gasteiger partial charge < -0.3 is 15.4 Å². The van der Waals surface area contributed by atoms with E-state index in [-0.39, 0.29) is 5.91 Å². The second-order valence-corrected chi connectivity index (χ2v) is 5.29. The molecule has 0 saturated heterocycles. The highest BCUT2D eigenvalue weighted by atomic mass is 16.5. The number of hydrogen-bond donors (Lipinski definition) is 2. The zero-order valence-corrected chi connectivity index (χ0v) is 13.3. The zero-order chi connectivity index (χ0) is 15.9. The molecule has 2 aromatic carbocycles. The predicted octanol–water partition coefficient (Wildman–Crippen LogP) is 3.75. The molecule has 0 fully saturated rings. The average Bonchev–Trinajstić information content (AvgIpc) is 2.50. The Morgan fingerprint density at radius 3 is 2.41 bits per heavy atom. The molecule has 2 aromatic rings. The first kappa shape index (κ1) is 15.9. The van der Waals surface area contributed by atoms with Crippen LogP contribution in [0, 0.1) is 13.8 Å². The van der Waals surface area contributed by atoms with E-state index in [4.69, 9.17) is 4.74 Å². The quantitative estimate of drug-likeness (QED) is 0.854. The lowest BCUT2D eigenvalue weighted by Crippen LogP contribution is -2.16. The van der Waals surface area contributed by atoms with Crippen molar-refractivity contribution in [3.8, 4) is 5.75 Å². The third-order valence-corrected chi connectivity index (χ3v) is 3.36. The highest BCUT2D eigenvalue weighted by Gasteiger charge is 2.05. The molecule has 0 unspecified atom stereocenters. The van der Waals surface area contributed by atoms with Gasteiger partial charge in [-0.05, 0) is 43.7 Å². The number of aryl methyl sites for hydroxylation is 2. The van der Waals surface area contributed by atoms with Crippen molar-refractivity contribution in [2.45, 2.75) is 20.3 Å². The number of methoxy groups -OCH3 is 1. The first-order valence-corrected chi connectivity index (χ1v) is 7.33. The van der Waals surface area contributed by atoms with Gasteiger partial charge in [-0.3, -0.25) is 4.79 Å². The second-order valence-electron chi connectivity index (χ2n) is 5.29. The Morgan fingerprint density at radius 2 is 1.73 bits per heavy atom. The Bertz CT molecular complexity index is 636. The minimum absolute atomic E-state index is 0.0111. The predicted molar refractivity (Wildman–Crippen MR) is 90.6 cm³/mol. The maximum atomic E-state index is 11.9. The van der Waals surface area contributed by atoms with Crippen molar-refractivity contribution in [1.82, 2.24) is 0 Å². The molecule has 0 radical (unpaired) electrons. The number of hydrogen-bond acceptors (Lipinski definition) is 3. The van der Waals surface area contributed by atoms with Crippen molar-refractivity contribution in [2.75, 3.05) is 24.3 Å². The smallest absolute Gasteiger partial charge is 0.226 e. The van der Waals surface area contributed by atoms with Gasteiger partial charge in [-0.25, -0.2) is 0 Å². The van der Waals surface area contributed by atoms with Crippen molar-refractivity contribution in [2.24, 2.45) is 0 Å². The molecule has 0 bridgehead atoms. The van der Waals surface area contributed by atoms with Gasteiger partial charge in [-0.15, -0.1) is 0 Å². The number of benzene rings is 2. The topological polar surface area (TPSA) is 50.4 Å². The summed E-state index contributed by atoms with van der Waals surface area (Å²) in [5, 5.41) is 6.13. The maximum absolute atomic E-state index is 11.9. The molecule has 22 heavy (non-hydrogen) atoms. The molecule has 0 aliphatic rings. The van der Waals surface area contributed by atoms with E-state index in [2.05, 4.69) is 10.6 Å². The van der Waals surface area contributed by atoms with Gasteiger partial charge in [0.25, 0.3) is 0 Å². The van der Waals surface area contributed by atoms with Gasteiger partial charge in [0.15, 0.2) is 0 Å². The van der Waals surface area contributed by atoms with E-state index in [0.29, 0.717) is 13.0 Å². The summed E-state index contributed by atoms with van der Waals surface area (Å²) in [5.74, 6) is 0.771. The van der Waals surface area contributed by atoms with Crippen LogP contribution in [0.5, 0.6) is 5.75 Å².